The predicted molar refractivity (Wildman–Crippen MR) is 71.6 cm³/mol. The molecule has 6 nitrogen and oxygen atoms in total. The van der Waals surface area contributed by atoms with Crippen LogP contribution in [0.15, 0.2) is 17.2 Å². The van der Waals surface area contributed by atoms with Gasteiger partial charge in [-0.2, -0.15) is 0 Å². The number of unbranched alkanes of at least 4 members (excludes halogenated alkanes) is 1. The van der Waals surface area contributed by atoms with Gasteiger partial charge in [0.05, 0.1) is 0 Å². The summed E-state index contributed by atoms with van der Waals surface area (Å²) in [6.07, 6.45) is 3.98. The van der Waals surface area contributed by atoms with Gasteiger partial charge in [-0.25, -0.2) is 17.9 Å². The molecule has 0 atom stereocenters. The zero-order chi connectivity index (χ0) is 14.5. The zero-order valence-corrected chi connectivity index (χ0v) is 12.0. The number of rotatable bonds is 8. The summed E-state index contributed by atoms with van der Waals surface area (Å²) in [6, 6.07) is 1.11. The quantitative estimate of drug-likeness (QED) is 0.635. The van der Waals surface area contributed by atoms with E-state index in [4.69, 9.17) is 5.11 Å². The average Bonchev–Trinajstić information content (AvgIpc) is 2.77. The monoisotopic (exact) mass is 288 g/mol. The summed E-state index contributed by atoms with van der Waals surface area (Å²) < 4.78 is 26.1. The summed E-state index contributed by atoms with van der Waals surface area (Å²) in [6.45, 7) is 4.61. The molecule has 3 N–H and O–H groups in total. The number of H-pyrrole nitrogens is 1. The van der Waals surface area contributed by atoms with Gasteiger partial charge in [-0.05, 0) is 18.4 Å². The number of hydrogen-bond acceptors (Lipinski definition) is 3. The van der Waals surface area contributed by atoms with Crippen LogP contribution in [-0.2, 0) is 10.0 Å². The Hall–Kier alpha value is -1.34. The van der Waals surface area contributed by atoms with E-state index in [2.05, 4.69) is 23.6 Å². The highest BCUT2D eigenvalue weighted by atomic mass is 32.2. The Balaban J connectivity index is 2.49. The van der Waals surface area contributed by atoms with Crippen LogP contribution >= 0.6 is 0 Å². The van der Waals surface area contributed by atoms with Gasteiger partial charge in [0.25, 0.3) is 0 Å². The molecule has 1 rings (SSSR count). The minimum Gasteiger partial charge on any atom is -0.477 e. The maximum absolute atomic E-state index is 11.8. The van der Waals surface area contributed by atoms with Gasteiger partial charge in [-0.15, -0.1) is 0 Å². The summed E-state index contributed by atoms with van der Waals surface area (Å²) in [4.78, 5) is 13.0. The van der Waals surface area contributed by atoms with Crippen LogP contribution in [0.1, 0.15) is 43.6 Å². The van der Waals surface area contributed by atoms with Gasteiger partial charge in [-0.1, -0.05) is 26.7 Å². The Morgan fingerprint density at radius 2 is 2.11 bits per heavy atom. The molecular weight excluding hydrogens is 268 g/mol. The first-order valence-electron chi connectivity index (χ1n) is 6.24. The Bertz CT molecular complexity index is 520. The Morgan fingerprint density at radius 3 is 2.63 bits per heavy atom. The molecule has 0 spiro atoms. The minimum atomic E-state index is -3.62. The van der Waals surface area contributed by atoms with Crippen LogP contribution in [0.5, 0.6) is 0 Å². The number of aromatic nitrogens is 1. The van der Waals surface area contributed by atoms with Crippen molar-refractivity contribution in [2.75, 3.05) is 6.54 Å². The molecule has 0 amide bonds. The standard InChI is InChI=1S/C12H20N2O4S/c1-9(2)5-3-4-6-14-19(17,18)10-7-11(12(15)16)13-8-10/h7-9,13-14H,3-6H2,1-2H3,(H,15,16). The maximum atomic E-state index is 11.8. The van der Waals surface area contributed by atoms with Crippen molar-refractivity contribution in [2.24, 2.45) is 5.92 Å². The number of aromatic amines is 1. The van der Waals surface area contributed by atoms with E-state index in [-0.39, 0.29) is 10.6 Å². The van der Waals surface area contributed by atoms with E-state index in [9.17, 15) is 13.2 Å². The molecule has 1 heterocycles. The normalized spacial score (nSPS) is 11.9. The topological polar surface area (TPSA) is 99.3 Å². The predicted octanol–water partition coefficient (Wildman–Crippen LogP) is 1.82. The maximum Gasteiger partial charge on any atom is 0.352 e. The largest absolute Gasteiger partial charge is 0.477 e. The third kappa shape index (κ3) is 5.04. The van der Waals surface area contributed by atoms with E-state index < -0.39 is 16.0 Å². The van der Waals surface area contributed by atoms with E-state index in [1.165, 1.54) is 6.20 Å². The fourth-order valence-electron chi connectivity index (χ4n) is 1.62. The fourth-order valence-corrected chi connectivity index (χ4v) is 2.69. The third-order valence-electron chi connectivity index (χ3n) is 2.70. The van der Waals surface area contributed by atoms with Crippen molar-refractivity contribution < 1.29 is 18.3 Å². The molecule has 0 radical (unpaired) electrons. The number of carboxylic acid groups (broad SMARTS) is 1. The van der Waals surface area contributed by atoms with Gasteiger partial charge < -0.3 is 10.1 Å². The van der Waals surface area contributed by atoms with E-state index in [0.29, 0.717) is 12.5 Å². The van der Waals surface area contributed by atoms with E-state index in [1.807, 2.05) is 0 Å². The highest BCUT2D eigenvalue weighted by molar-refractivity contribution is 7.89. The van der Waals surface area contributed by atoms with Crippen LogP contribution in [0.4, 0.5) is 0 Å². The van der Waals surface area contributed by atoms with Crippen molar-refractivity contribution in [3.05, 3.63) is 18.0 Å². The molecule has 108 valence electrons. The Morgan fingerprint density at radius 1 is 1.42 bits per heavy atom. The van der Waals surface area contributed by atoms with E-state index in [0.717, 1.165) is 25.3 Å². The van der Waals surface area contributed by atoms with Gasteiger partial charge in [-0.3, -0.25) is 0 Å². The molecule has 1 aromatic heterocycles. The van der Waals surface area contributed by atoms with Crippen molar-refractivity contribution in [2.45, 2.75) is 38.0 Å². The lowest BCUT2D eigenvalue weighted by Crippen LogP contribution is -2.24. The Labute approximate surface area is 113 Å². The minimum absolute atomic E-state index is 0.0474. The second-order valence-electron chi connectivity index (χ2n) is 4.84. The third-order valence-corrected chi connectivity index (χ3v) is 4.14. The first kappa shape index (κ1) is 15.7. The van der Waals surface area contributed by atoms with Crippen molar-refractivity contribution in [3.63, 3.8) is 0 Å². The van der Waals surface area contributed by atoms with Crippen LogP contribution in [0, 0.1) is 5.92 Å². The fraction of sp³-hybridized carbons (Fsp3) is 0.583. The summed E-state index contributed by atoms with van der Waals surface area (Å²) in [7, 11) is -3.62. The smallest absolute Gasteiger partial charge is 0.352 e. The first-order valence-corrected chi connectivity index (χ1v) is 7.72. The van der Waals surface area contributed by atoms with Crippen LogP contribution in [-0.4, -0.2) is 31.0 Å². The molecule has 7 heteroatoms. The molecule has 1 aromatic rings. The van der Waals surface area contributed by atoms with Crippen LogP contribution in [0.3, 0.4) is 0 Å². The van der Waals surface area contributed by atoms with Gasteiger partial charge in [0.2, 0.25) is 10.0 Å². The molecule has 0 aliphatic rings. The summed E-state index contributed by atoms with van der Waals surface area (Å²) in [5.41, 5.74) is -0.139. The zero-order valence-electron chi connectivity index (χ0n) is 11.1. The van der Waals surface area contributed by atoms with Gasteiger partial charge in [0.1, 0.15) is 10.6 Å². The highest BCUT2D eigenvalue weighted by Gasteiger charge is 2.17. The van der Waals surface area contributed by atoms with Crippen molar-refractivity contribution in [3.8, 4) is 0 Å². The van der Waals surface area contributed by atoms with E-state index in [1.54, 1.807) is 0 Å². The van der Waals surface area contributed by atoms with E-state index >= 15 is 0 Å². The molecule has 0 saturated carbocycles. The molecule has 0 aliphatic carbocycles. The molecule has 0 aliphatic heterocycles. The molecule has 0 aromatic carbocycles. The molecule has 0 fully saturated rings. The van der Waals surface area contributed by atoms with Gasteiger partial charge in [0, 0.05) is 12.7 Å². The SMILES string of the molecule is CC(C)CCCCNS(=O)(=O)c1c[nH]c(C(=O)O)c1. The summed E-state index contributed by atoms with van der Waals surface area (Å²) in [5, 5.41) is 8.72. The van der Waals surface area contributed by atoms with Crippen molar-refractivity contribution in [1.29, 1.82) is 0 Å². The number of carbonyl (C=O) groups is 1. The molecule has 19 heavy (non-hydrogen) atoms. The number of hydrogen-bond donors (Lipinski definition) is 3. The first-order chi connectivity index (χ1) is 8.83. The lowest BCUT2D eigenvalue weighted by atomic mass is 10.1. The van der Waals surface area contributed by atoms with Crippen LogP contribution in [0.25, 0.3) is 0 Å². The molecular formula is C12H20N2O4S. The summed E-state index contributed by atoms with van der Waals surface area (Å²) >= 11 is 0. The lowest BCUT2D eigenvalue weighted by Gasteiger charge is -2.06. The van der Waals surface area contributed by atoms with Gasteiger partial charge >= 0.3 is 5.97 Å². The number of aromatic carboxylic acids is 1. The van der Waals surface area contributed by atoms with Crippen molar-refractivity contribution >= 4 is 16.0 Å². The average molecular weight is 288 g/mol. The second kappa shape index (κ2) is 6.72. The van der Waals surface area contributed by atoms with Crippen LogP contribution in [0.2, 0.25) is 0 Å². The molecule has 0 saturated heterocycles. The summed E-state index contributed by atoms with van der Waals surface area (Å²) in [5.74, 6) is -0.571. The van der Waals surface area contributed by atoms with Crippen molar-refractivity contribution in [1.82, 2.24) is 9.71 Å². The molecule has 0 unspecified atom stereocenters. The van der Waals surface area contributed by atoms with Gasteiger partial charge in [0.15, 0.2) is 0 Å². The molecule has 0 bridgehead atoms. The number of sulfonamides is 1. The number of nitrogens with one attached hydrogen (secondary N) is 2. The Kier molecular flexibility index (Phi) is 5.56. The van der Waals surface area contributed by atoms with Crippen LogP contribution < -0.4 is 4.72 Å². The second-order valence-corrected chi connectivity index (χ2v) is 6.61. The lowest BCUT2D eigenvalue weighted by molar-refractivity contribution is 0.0691. The number of carboxylic acids is 1. The highest BCUT2D eigenvalue weighted by Crippen LogP contribution is 2.11.